The summed E-state index contributed by atoms with van der Waals surface area (Å²) in [6, 6.07) is 15.1. The number of aryl methyl sites for hydroxylation is 2. The summed E-state index contributed by atoms with van der Waals surface area (Å²) in [6.07, 6.45) is 2.07. The lowest BCUT2D eigenvalue weighted by Crippen LogP contribution is -2.33. The fourth-order valence-electron chi connectivity index (χ4n) is 3.59. The molecular weight excluding hydrogens is 296 g/mol. The maximum atomic E-state index is 12.3. The molecule has 1 aliphatic rings. The van der Waals surface area contributed by atoms with Gasteiger partial charge in [0.2, 0.25) is 0 Å². The third kappa shape index (κ3) is 3.45. The van der Waals surface area contributed by atoms with Gasteiger partial charge in [-0.3, -0.25) is 4.79 Å². The van der Waals surface area contributed by atoms with Crippen LogP contribution in [0.4, 0.5) is 5.69 Å². The van der Waals surface area contributed by atoms with Gasteiger partial charge in [-0.05, 0) is 56.9 Å². The van der Waals surface area contributed by atoms with Gasteiger partial charge in [0.1, 0.15) is 0 Å². The number of hydrogen-bond acceptors (Lipinski definition) is 2. The molecule has 2 aromatic carbocycles. The van der Waals surface area contributed by atoms with Crippen molar-refractivity contribution in [1.82, 2.24) is 5.32 Å². The molecule has 3 rings (SSSR count). The van der Waals surface area contributed by atoms with E-state index in [9.17, 15) is 4.79 Å². The predicted molar refractivity (Wildman–Crippen MR) is 99.8 cm³/mol. The summed E-state index contributed by atoms with van der Waals surface area (Å²) in [5, 5.41) is 3.06. The van der Waals surface area contributed by atoms with Crippen molar-refractivity contribution in [3.63, 3.8) is 0 Å². The molecule has 0 saturated carbocycles. The van der Waals surface area contributed by atoms with Crippen LogP contribution in [0.1, 0.15) is 40.4 Å². The summed E-state index contributed by atoms with van der Waals surface area (Å²) in [6.45, 7) is 7.99. The first kappa shape index (κ1) is 16.6. The smallest absolute Gasteiger partial charge is 0.251 e. The molecule has 2 aromatic rings. The summed E-state index contributed by atoms with van der Waals surface area (Å²) in [4.78, 5) is 14.8. The first-order valence-electron chi connectivity index (χ1n) is 8.76. The van der Waals surface area contributed by atoms with Gasteiger partial charge in [-0.1, -0.05) is 35.9 Å². The number of benzene rings is 2. The summed E-state index contributed by atoms with van der Waals surface area (Å²) in [7, 11) is 0. The molecule has 1 amide bonds. The Balaban J connectivity index is 1.51. The second kappa shape index (κ2) is 7.08. The van der Waals surface area contributed by atoms with Crippen LogP contribution in [0, 0.1) is 13.8 Å². The molecule has 1 atom stereocenters. The van der Waals surface area contributed by atoms with Gasteiger partial charge >= 0.3 is 0 Å². The van der Waals surface area contributed by atoms with Crippen LogP contribution < -0.4 is 10.2 Å². The molecule has 0 unspecified atom stereocenters. The molecule has 0 saturated heterocycles. The van der Waals surface area contributed by atoms with Crippen molar-refractivity contribution in [3.8, 4) is 0 Å². The number of para-hydroxylation sites is 1. The van der Waals surface area contributed by atoms with Gasteiger partial charge in [-0.2, -0.15) is 0 Å². The van der Waals surface area contributed by atoms with E-state index in [0.29, 0.717) is 12.6 Å². The zero-order valence-electron chi connectivity index (χ0n) is 14.8. The van der Waals surface area contributed by atoms with Gasteiger partial charge in [-0.15, -0.1) is 0 Å². The Morgan fingerprint density at radius 3 is 2.79 bits per heavy atom. The van der Waals surface area contributed by atoms with E-state index in [0.717, 1.165) is 30.5 Å². The number of anilines is 1. The fourth-order valence-corrected chi connectivity index (χ4v) is 3.59. The third-order valence-electron chi connectivity index (χ3n) is 4.84. The predicted octanol–water partition coefficient (Wildman–Crippen LogP) is 3.87. The van der Waals surface area contributed by atoms with E-state index < -0.39 is 0 Å². The zero-order chi connectivity index (χ0) is 17.1. The lowest BCUT2D eigenvalue weighted by molar-refractivity contribution is 0.0953. The monoisotopic (exact) mass is 322 g/mol. The zero-order valence-corrected chi connectivity index (χ0v) is 14.8. The van der Waals surface area contributed by atoms with Gasteiger partial charge in [-0.25, -0.2) is 0 Å². The van der Waals surface area contributed by atoms with Crippen LogP contribution in [0.5, 0.6) is 0 Å². The second-order valence-corrected chi connectivity index (χ2v) is 6.80. The Morgan fingerprint density at radius 2 is 2.00 bits per heavy atom. The molecule has 1 heterocycles. The fraction of sp³-hybridized carbons (Fsp3) is 0.381. The normalized spacial score (nSPS) is 16.1. The molecular formula is C21H26N2O. The molecule has 0 radical (unpaired) electrons. The highest BCUT2D eigenvalue weighted by Gasteiger charge is 2.24. The largest absolute Gasteiger partial charge is 0.368 e. The maximum absolute atomic E-state index is 12.3. The summed E-state index contributed by atoms with van der Waals surface area (Å²) in [5.41, 5.74) is 5.79. The molecule has 0 fully saturated rings. The van der Waals surface area contributed by atoms with Gasteiger partial charge < -0.3 is 10.2 Å². The van der Waals surface area contributed by atoms with E-state index in [1.54, 1.807) is 0 Å². The second-order valence-electron chi connectivity index (χ2n) is 6.80. The van der Waals surface area contributed by atoms with Gasteiger partial charge in [0.15, 0.2) is 0 Å². The molecule has 0 aromatic heterocycles. The van der Waals surface area contributed by atoms with Gasteiger partial charge in [0.25, 0.3) is 5.91 Å². The van der Waals surface area contributed by atoms with Crippen molar-refractivity contribution in [1.29, 1.82) is 0 Å². The van der Waals surface area contributed by atoms with E-state index in [-0.39, 0.29) is 5.91 Å². The van der Waals surface area contributed by atoms with Gasteiger partial charge in [0.05, 0.1) is 0 Å². The Labute approximate surface area is 144 Å². The minimum Gasteiger partial charge on any atom is -0.368 e. The van der Waals surface area contributed by atoms with E-state index in [2.05, 4.69) is 47.5 Å². The minimum atomic E-state index is 0.0300. The number of nitrogens with one attached hydrogen (secondary N) is 1. The maximum Gasteiger partial charge on any atom is 0.251 e. The number of nitrogens with zero attached hydrogens (tertiary/aromatic N) is 1. The molecule has 0 aliphatic carbocycles. The standard InChI is InChI=1S/C21H26N2O/c1-15-9-10-19(16(2)13-15)21(24)22-11-6-12-23-17(3)14-18-7-4-5-8-20(18)23/h4-5,7-10,13,17H,6,11-12,14H2,1-3H3,(H,22,24)/t17-/m0/s1. The number of hydrogen-bond donors (Lipinski definition) is 1. The van der Waals surface area contributed by atoms with Crippen LogP contribution in [-0.2, 0) is 6.42 Å². The molecule has 24 heavy (non-hydrogen) atoms. The van der Waals surface area contributed by atoms with Crippen molar-refractivity contribution >= 4 is 11.6 Å². The molecule has 3 heteroatoms. The summed E-state index contributed by atoms with van der Waals surface area (Å²) in [5.74, 6) is 0.0300. The summed E-state index contributed by atoms with van der Waals surface area (Å²) < 4.78 is 0. The first-order chi connectivity index (χ1) is 11.6. The van der Waals surface area contributed by atoms with Crippen LogP contribution in [0.15, 0.2) is 42.5 Å². The first-order valence-corrected chi connectivity index (χ1v) is 8.76. The van der Waals surface area contributed by atoms with Crippen molar-refractivity contribution in [3.05, 3.63) is 64.7 Å². The number of fused-ring (bicyclic) bond motifs is 1. The van der Waals surface area contributed by atoms with Crippen LogP contribution in [0.25, 0.3) is 0 Å². The van der Waals surface area contributed by atoms with Crippen LogP contribution in [0.3, 0.4) is 0 Å². The number of amides is 1. The third-order valence-corrected chi connectivity index (χ3v) is 4.84. The molecule has 1 N–H and O–H groups in total. The Morgan fingerprint density at radius 1 is 1.21 bits per heavy atom. The van der Waals surface area contributed by atoms with Crippen molar-refractivity contribution < 1.29 is 4.79 Å². The highest BCUT2D eigenvalue weighted by Crippen LogP contribution is 2.31. The Kier molecular flexibility index (Phi) is 4.89. The SMILES string of the molecule is Cc1ccc(C(=O)NCCCN2c3ccccc3C[C@@H]2C)c(C)c1. The number of carbonyl (C=O) groups excluding carboxylic acids is 1. The molecule has 3 nitrogen and oxygen atoms in total. The van der Waals surface area contributed by atoms with Gasteiger partial charge in [0, 0.05) is 30.4 Å². The lowest BCUT2D eigenvalue weighted by atomic mass is 10.1. The highest BCUT2D eigenvalue weighted by atomic mass is 16.1. The average Bonchev–Trinajstić information content (AvgIpc) is 2.87. The molecule has 126 valence electrons. The van der Waals surface area contributed by atoms with Crippen LogP contribution in [0.2, 0.25) is 0 Å². The van der Waals surface area contributed by atoms with Crippen LogP contribution in [-0.4, -0.2) is 25.0 Å². The number of carbonyl (C=O) groups is 1. The topological polar surface area (TPSA) is 32.3 Å². The van der Waals surface area contributed by atoms with E-state index in [1.165, 1.54) is 16.8 Å². The number of rotatable bonds is 5. The Hall–Kier alpha value is -2.29. The summed E-state index contributed by atoms with van der Waals surface area (Å²) >= 11 is 0. The Bertz CT molecular complexity index is 738. The van der Waals surface area contributed by atoms with E-state index in [1.807, 2.05) is 26.0 Å². The average molecular weight is 322 g/mol. The van der Waals surface area contributed by atoms with Crippen LogP contribution >= 0.6 is 0 Å². The minimum absolute atomic E-state index is 0.0300. The molecule has 1 aliphatic heterocycles. The van der Waals surface area contributed by atoms with Crippen molar-refractivity contribution in [2.45, 2.75) is 39.7 Å². The van der Waals surface area contributed by atoms with Crippen molar-refractivity contribution in [2.75, 3.05) is 18.0 Å². The van der Waals surface area contributed by atoms with E-state index in [4.69, 9.17) is 0 Å². The van der Waals surface area contributed by atoms with E-state index >= 15 is 0 Å². The molecule has 0 spiro atoms. The quantitative estimate of drug-likeness (QED) is 0.848. The van der Waals surface area contributed by atoms with Crippen molar-refractivity contribution in [2.24, 2.45) is 0 Å². The lowest BCUT2D eigenvalue weighted by Gasteiger charge is -2.25. The molecule has 0 bridgehead atoms. The highest BCUT2D eigenvalue weighted by molar-refractivity contribution is 5.95.